The van der Waals surface area contributed by atoms with Gasteiger partial charge in [0.25, 0.3) is 0 Å². The molecule has 0 N–H and O–H groups in total. The van der Waals surface area contributed by atoms with Gasteiger partial charge >= 0.3 is 0 Å². The van der Waals surface area contributed by atoms with Crippen LogP contribution in [-0.4, -0.2) is 0 Å². The molecule has 0 heterocycles. The van der Waals surface area contributed by atoms with E-state index in [9.17, 15) is 5.11 Å². The SMILES string of the molecule is C#CC([O])c1cccc(Oc2ccccc2)c1. The molecule has 2 nitrogen and oxygen atoms in total. The van der Waals surface area contributed by atoms with E-state index in [0.29, 0.717) is 11.3 Å². The Morgan fingerprint density at radius 1 is 1.00 bits per heavy atom. The van der Waals surface area contributed by atoms with Crippen LogP contribution in [0, 0.1) is 12.3 Å². The Morgan fingerprint density at radius 3 is 2.41 bits per heavy atom. The summed E-state index contributed by atoms with van der Waals surface area (Å²) in [6, 6.07) is 16.3. The van der Waals surface area contributed by atoms with Crippen molar-refractivity contribution in [2.45, 2.75) is 6.10 Å². The molecule has 2 heteroatoms. The third kappa shape index (κ3) is 2.87. The van der Waals surface area contributed by atoms with E-state index < -0.39 is 6.10 Å². The number of benzene rings is 2. The number of para-hydroxylation sites is 1. The molecule has 0 aliphatic carbocycles. The molecule has 2 aromatic carbocycles. The molecule has 2 aromatic rings. The highest BCUT2D eigenvalue weighted by Crippen LogP contribution is 2.24. The van der Waals surface area contributed by atoms with Crippen molar-refractivity contribution in [2.75, 3.05) is 0 Å². The molecule has 2 rings (SSSR count). The van der Waals surface area contributed by atoms with Crippen molar-refractivity contribution in [1.29, 1.82) is 0 Å². The summed E-state index contributed by atoms with van der Waals surface area (Å²) in [6.45, 7) is 0. The lowest BCUT2D eigenvalue weighted by molar-refractivity contribution is 0.139. The lowest BCUT2D eigenvalue weighted by Crippen LogP contribution is -1.92. The molecule has 0 bridgehead atoms. The molecule has 1 atom stereocenters. The van der Waals surface area contributed by atoms with E-state index in [1.807, 2.05) is 30.3 Å². The van der Waals surface area contributed by atoms with Gasteiger partial charge < -0.3 is 4.74 Å². The Kier molecular flexibility index (Phi) is 3.44. The number of rotatable bonds is 3. The molecule has 0 saturated carbocycles. The van der Waals surface area contributed by atoms with Crippen molar-refractivity contribution in [3.63, 3.8) is 0 Å². The Hall–Kier alpha value is -2.24. The lowest BCUT2D eigenvalue weighted by atomic mass is 10.1. The van der Waals surface area contributed by atoms with E-state index in [2.05, 4.69) is 5.92 Å². The van der Waals surface area contributed by atoms with Crippen LogP contribution in [0.15, 0.2) is 54.6 Å². The van der Waals surface area contributed by atoms with Crippen LogP contribution < -0.4 is 4.74 Å². The molecule has 1 unspecified atom stereocenters. The molecule has 17 heavy (non-hydrogen) atoms. The number of hydrogen-bond donors (Lipinski definition) is 0. The second-order valence-corrected chi connectivity index (χ2v) is 3.53. The summed E-state index contributed by atoms with van der Waals surface area (Å²) in [5.74, 6) is 3.51. The van der Waals surface area contributed by atoms with Gasteiger partial charge in [0.2, 0.25) is 0 Å². The highest BCUT2D eigenvalue weighted by atomic mass is 16.5. The monoisotopic (exact) mass is 223 g/mol. The highest BCUT2D eigenvalue weighted by molar-refractivity contribution is 5.36. The van der Waals surface area contributed by atoms with Crippen molar-refractivity contribution in [1.82, 2.24) is 0 Å². The van der Waals surface area contributed by atoms with E-state index in [-0.39, 0.29) is 0 Å². The van der Waals surface area contributed by atoms with Gasteiger partial charge in [-0.2, -0.15) is 0 Å². The first-order chi connectivity index (χ1) is 8.29. The van der Waals surface area contributed by atoms with Gasteiger partial charge in [-0.3, -0.25) is 0 Å². The van der Waals surface area contributed by atoms with Crippen molar-refractivity contribution in [3.05, 3.63) is 60.2 Å². The smallest absolute Gasteiger partial charge is 0.178 e. The van der Waals surface area contributed by atoms with Gasteiger partial charge in [0.15, 0.2) is 6.10 Å². The summed E-state index contributed by atoms with van der Waals surface area (Å²) in [4.78, 5) is 0. The topological polar surface area (TPSA) is 29.1 Å². The van der Waals surface area contributed by atoms with Crippen LogP contribution in [-0.2, 0) is 5.11 Å². The predicted octanol–water partition coefficient (Wildman–Crippen LogP) is 3.58. The first kappa shape index (κ1) is 11.3. The molecule has 0 fully saturated rings. The molecule has 0 aromatic heterocycles. The van der Waals surface area contributed by atoms with Crippen LogP contribution in [0.25, 0.3) is 0 Å². The van der Waals surface area contributed by atoms with E-state index >= 15 is 0 Å². The van der Waals surface area contributed by atoms with Crippen molar-refractivity contribution in [3.8, 4) is 23.8 Å². The normalized spacial score (nSPS) is 11.5. The Labute approximate surface area is 100 Å². The fourth-order valence-corrected chi connectivity index (χ4v) is 1.46. The quantitative estimate of drug-likeness (QED) is 0.731. The summed E-state index contributed by atoms with van der Waals surface area (Å²) in [6.07, 6.45) is 3.96. The van der Waals surface area contributed by atoms with Gasteiger partial charge in [-0.05, 0) is 29.8 Å². The maximum Gasteiger partial charge on any atom is 0.178 e. The zero-order valence-corrected chi connectivity index (χ0v) is 9.17. The minimum absolute atomic E-state index is 0.543. The van der Waals surface area contributed by atoms with E-state index in [1.54, 1.807) is 24.3 Å². The summed E-state index contributed by atoms with van der Waals surface area (Å²) < 4.78 is 5.61. The average molecular weight is 223 g/mol. The number of ether oxygens (including phenoxy) is 1. The maximum atomic E-state index is 11.4. The van der Waals surface area contributed by atoms with Crippen LogP contribution in [0.2, 0.25) is 0 Å². The zero-order valence-electron chi connectivity index (χ0n) is 9.17. The average Bonchev–Trinajstić information content (AvgIpc) is 2.39. The largest absolute Gasteiger partial charge is 0.457 e. The molecule has 0 aliphatic rings. The number of hydrogen-bond acceptors (Lipinski definition) is 1. The van der Waals surface area contributed by atoms with Gasteiger partial charge in [-0.15, -0.1) is 6.42 Å². The molecule has 0 aliphatic heterocycles. The fourth-order valence-electron chi connectivity index (χ4n) is 1.46. The van der Waals surface area contributed by atoms with Crippen molar-refractivity contribution < 1.29 is 9.84 Å². The maximum absolute atomic E-state index is 11.4. The molecule has 1 radical (unpaired) electrons. The third-order valence-corrected chi connectivity index (χ3v) is 2.29. The van der Waals surface area contributed by atoms with Gasteiger partial charge in [-0.25, -0.2) is 5.11 Å². The van der Waals surface area contributed by atoms with Crippen LogP contribution in [0.3, 0.4) is 0 Å². The van der Waals surface area contributed by atoms with Crippen LogP contribution in [0.5, 0.6) is 11.5 Å². The standard InChI is InChI=1S/C15H11O2/c1-2-15(16)12-7-6-10-14(11-12)17-13-8-4-3-5-9-13/h1,3-11,15H. The minimum Gasteiger partial charge on any atom is -0.457 e. The predicted molar refractivity (Wildman–Crippen MR) is 65.2 cm³/mol. The van der Waals surface area contributed by atoms with E-state index in [1.165, 1.54) is 0 Å². The minimum atomic E-state index is -1.14. The lowest BCUT2D eigenvalue weighted by Gasteiger charge is -2.07. The summed E-state index contributed by atoms with van der Waals surface area (Å²) in [7, 11) is 0. The molecular formula is C15H11O2. The fraction of sp³-hybridized carbons (Fsp3) is 0.0667. The van der Waals surface area contributed by atoms with Crippen molar-refractivity contribution >= 4 is 0 Å². The Balaban J connectivity index is 2.20. The van der Waals surface area contributed by atoms with Gasteiger partial charge in [-0.1, -0.05) is 36.3 Å². The summed E-state index contributed by atoms with van der Waals surface area (Å²) in [5.41, 5.74) is 0.543. The van der Waals surface area contributed by atoms with Gasteiger partial charge in [0.1, 0.15) is 11.5 Å². The van der Waals surface area contributed by atoms with Crippen molar-refractivity contribution in [2.24, 2.45) is 0 Å². The van der Waals surface area contributed by atoms with E-state index in [4.69, 9.17) is 11.2 Å². The first-order valence-electron chi connectivity index (χ1n) is 5.24. The van der Waals surface area contributed by atoms with Crippen LogP contribution >= 0.6 is 0 Å². The van der Waals surface area contributed by atoms with Gasteiger partial charge in [0, 0.05) is 0 Å². The first-order valence-corrected chi connectivity index (χ1v) is 5.24. The molecule has 83 valence electrons. The summed E-state index contributed by atoms with van der Waals surface area (Å²) in [5, 5.41) is 11.4. The van der Waals surface area contributed by atoms with Crippen LogP contribution in [0.4, 0.5) is 0 Å². The second kappa shape index (κ2) is 5.20. The second-order valence-electron chi connectivity index (χ2n) is 3.53. The molecule has 0 spiro atoms. The Bertz CT molecular complexity index is 526. The molecule has 0 saturated heterocycles. The zero-order chi connectivity index (χ0) is 12.1. The summed E-state index contributed by atoms with van der Waals surface area (Å²) >= 11 is 0. The third-order valence-electron chi connectivity index (χ3n) is 2.29. The number of terminal acetylenes is 1. The van der Waals surface area contributed by atoms with Crippen LogP contribution in [0.1, 0.15) is 11.7 Å². The molecule has 0 amide bonds. The Morgan fingerprint density at radius 2 is 1.71 bits per heavy atom. The van der Waals surface area contributed by atoms with Gasteiger partial charge in [0.05, 0.1) is 0 Å². The highest BCUT2D eigenvalue weighted by Gasteiger charge is 2.06. The molecular weight excluding hydrogens is 212 g/mol. The van der Waals surface area contributed by atoms with E-state index in [0.717, 1.165) is 5.75 Å².